The quantitative estimate of drug-likeness (QED) is 0.249. The fourth-order valence-electron chi connectivity index (χ4n) is 3.79. The third kappa shape index (κ3) is 8.03. The van der Waals surface area contributed by atoms with Crippen molar-refractivity contribution in [2.24, 2.45) is 4.99 Å². The van der Waals surface area contributed by atoms with E-state index < -0.39 is 0 Å². The Hall–Kier alpha value is -2.62. The number of hydrogen-bond donors (Lipinski definition) is 3. The molecule has 1 aliphatic heterocycles. The van der Waals surface area contributed by atoms with Crippen LogP contribution in [0.1, 0.15) is 46.8 Å². The van der Waals surface area contributed by atoms with Crippen LogP contribution in [-0.4, -0.2) is 49.4 Å². The fraction of sp³-hybridized carbons (Fsp3) is 0.400. The van der Waals surface area contributed by atoms with Crippen molar-refractivity contribution in [3.8, 4) is 0 Å². The van der Waals surface area contributed by atoms with Gasteiger partial charge in [0.25, 0.3) is 5.91 Å². The second kappa shape index (κ2) is 13.8. The van der Waals surface area contributed by atoms with Gasteiger partial charge in [-0.2, -0.15) is 0 Å². The van der Waals surface area contributed by atoms with Crippen LogP contribution in [-0.2, 0) is 24.3 Å². The summed E-state index contributed by atoms with van der Waals surface area (Å²) in [6.45, 7) is 5.53. The van der Waals surface area contributed by atoms with Crippen molar-refractivity contribution in [1.29, 1.82) is 0 Å². The molecule has 1 aliphatic rings. The minimum absolute atomic E-state index is 0. The van der Waals surface area contributed by atoms with E-state index in [1.807, 2.05) is 48.2 Å². The Balaban J connectivity index is 0.00000385. The van der Waals surface area contributed by atoms with E-state index in [1.165, 1.54) is 0 Å². The summed E-state index contributed by atoms with van der Waals surface area (Å²) in [5.41, 5.74) is 4.03. The number of amides is 2. The van der Waals surface area contributed by atoms with Crippen LogP contribution in [0.25, 0.3) is 0 Å². The van der Waals surface area contributed by atoms with Crippen molar-refractivity contribution in [2.45, 2.75) is 39.3 Å². The van der Waals surface area contributed by atoms with E-state index in [0.717, 1.165) is 48.6 Å². The lowest BCUT2D eigenvalue weighted by Crippen LogP contribution is -2.38. The lowest BCUT2D eigenvalue weighted by molar-refractivity contribution is -0.128. The molecule has 0 saturated carbocycles. The first-order valence-corrected chi connectivity index (χ1v) is 11.3. The molecule has 0 aliphatic carbocycles. The first-order valence-electron chi connectivity index (χ1n) is 11.3. The summed E-state index contributed by atoms with van der Waals surface area (Å²) in [4.78, 5) is 30.5. The summed E-state index contributed by atoms with van der Waals surface area (Å²) >= 11 is 0. The summed E-state index contributed by atoms with van der Waals surface area (Å²) in [7, 11) is 1.64. The summed E-state index contributed by atoms with van der Waals surface area (Å²) in [5, 5.41) is 9.32. The maximum atomic E-state index is 12.0. The molecule has 3 rings (SSSR count). The molecule has 1 heterocycles. The maximum Gasteiger partial charge on any atom is 0.251 e. The van der Waals surface area contributed by atoms with Gasteiger partial charge in [-0.25, -0.2) is 4.99 Å². The molecule has 0 aromatic heterocycles. The molecule has 0 radical (unpaired) electrons. The van der Waals surface area contributed by atoms with Gasteiger partial charge in [-0.3, -0.25) is 9.59 Å². The Kier molecular flexibility index (Phi) is 11.2. The second-order valence-corrected chi connectivity index (χ2v) is 7.84. The third-order valence-corrected chi connectivity index (χ3v) is 5.53. The zero-order valence-corrected chi connectivity index (χ0v) is 21.7. The highest BCUT2D eigenvalue weighted by atomic mass is 127. The number of carbonyl (C=O) groups is 2. The number of guanidine groups is 1. The highest BCUT2D eigenvalue weighted by Crippen LogP contribution is 2.17. The van der Waals surface area contributed by atoms with E-state index in [0.29, 0.717) is 31.6 Å². The highest BCUT2D eigenvalue weighted by molar-refractivity contribution is 14.0. The molecule has 0 unspecified atom stereocenters. The molecule has 8 heteroatoms. The number of hydrogen-bond acceptors (Lipinski definition) is 3. The van der Waals surface area contributed by atoms with Gasteiger partial charge in [0.2, 0.25) is 5.91 Å². The van der Waals surface area contributed by atoms with Crippen LogP contribution in [0, 0.1) is 0 Å². The van der Waals surface area contributed by atoms with E-state index >= 15 is 0 Å². The van der Waals surface area contributed by atoms with Gasteiger partial charge in [-0.1, -0.05) is 36.4 Å². The molecule has 2 aromatic rings. The second-order valence-electron chi connectivity index (χ2n) is 7.84. The van der Waals surface area contributed by atoms with Crippen molar-refractivity contribution >= 4 is 41.8 Å². The predicted octanol–water partition coefficient (Wildman–Crippen LogP) is 3.08. The summed E-state index contributed by atoms with van der Waals surface area (Å²) < 4.78 is 0. The Morgan fingerprint density at radius 2 is 1.88 bits per heavy atom. The Morgan fingerprint density at radius 1 is 1.09 bits per heavy atom. The molecule has 7 nitrogen and oxygen atoms in total. The van der Waals surface area contributed by atoms with E-state index in [2.05, 4.69) is 28.1 Å². The number of nitrogens with one attached hydrogen (secondary N) is 3. The van der Waals surface area contributed by atoms with Crippen molar-refractivity contribution in [3.05, 3.63) is 70.8 Å². The first kappa shape index (κ1) is 26.6. The molecule has 178 valence electrons. The molecule has 2 aromatic carbocycles. The van der Waals surface area contributed by atoms with Gasteiger partial charge in [-0.05, 0) is 48.6 Å². The molecular formula is C25H34IN5O2. The lowest BCUT2D eigenvalue weighted by Gasteiger charge is -2.18. The van der Waals surface area contributed by atoms with Crippen molar-refractivity contribution in [3.63, 3.8) is 0 Å². The number of likely N-dealkylation sites (tertiary alicyclic amines) is 1. The normalized spacial score (nSPS) is 13.5. The predicted molar refractivity (Wildman–Crippen MR) is 143 cm³/mol. The number of nitrogens with zero attached hydrogens (tertiary/aromatic N) is 2. The Bertz CT molecular complexity index is 963. The monoisotopic (exact) mass is 563 g/mol. The molecule has 1 fully saturated rings. The average molecular weight is 563 g/mol. The highest BCUT2D eigenvalue weighted by Gasteiger charge is 2.20. The van der Waals surface area contributed by atoms with E-state index in [9.17, 15) is 9.59 Å². The maximum absolute atomic E-state index is 12.0. The Labute approximate surface area is 213 Å². The smallest absolute Gasteiger partial charge is 0.251 e. The number of carbonyl (C=O) groups excluding carboxylic acids is 2. The molecule has 0 spiro atoms. The Morgan fingerprint density at radius 3 is 2.58 bits per heavy atom. The van der Waals surface area contributed by atoms with Crippen LogP contribution < -0.4 is 16.0 Å². The van der Waals surface area contributed by atoms with Gasteiger partial charge in [0, 0.05) is 45.2 Å². The molecule has 3 N–H and O–H groups in total. The summed E-state index contributed by atoms with van der Waals surface area (Å²) in [6, 6.07) is 15.8. The van der Waals surface area contributed by atoms with Crippen LogP contribution >= 0.6 is 24.0 Å². The van der Waals surface area contributed by atoms with Crippen molar-refractivity contribution < 1.29 is 9.59 Å². The number of benzene rings is 2. The molecule has 0 atom stereocenters. The van der Waals surface area contributed by atoms with Gasteiger partial charge >= 0.3 is 0 Å². The number of aliphatic imine (C=N–C) groups is 1. The van der Waals surface area contributed by atoms with Crippen LogP contribution in [0.5, 0.6) is 0 Å². The van der Waals surface area contributed by atoms with Gasteiger partial charge in [0.05, 0.1) is 6.54 Å². The lowest BCUT2D eigenvalue weighted by atomic mass is 10.1. The minimum Gasteiger partial charge on any atom is -0.357 e. The summed E-state index contributed by atoms with van der Waals surface area (Å²) in [6.07, 6.45) is 2.38. The molecule has 0 bridgehead atoms. The van der Waals surface area contributed by atoms with Crippen LogP contribution in [0.2, 0.25) is 0 Å². The third-order valence-electron chi connectivity index (χ3n) is 5.53. The number of rotatable bonds is 9. The van der Waals surface area contributed by atoms with Crippen LogP contribution in [0.4, 0.5) is 0 Å². The van der Waals surface area contributed by atoms with Crippen LogP contribution in [0.3, 0.4) is 0 Å². The van der Waals surface area contributed by atoms with E-state index in [4.69, 9.17) is 4.99 Å². The first-order chi connectivity index (χ1) is 15.6. The standard InChI is InChI=1S/C25H33N5O2.HI/c1-3-27-25(28-14-13-19-8-6-11-20(16-19)24(32)26-2)29-17-21-9-4-5-10-22(21)18-30-15-7-12-23(30)31;/h4-6,8-11,16H,3,7,12-15,17-18H2,1-2H3,(H,26,32)(H2,27,28,29);1H. The zero-order valence-electron chi connectivity index (χ0n) is 19.4. The molecule has 1 saturated heterocycles. The van der Waals surface area contributed by atoms with E-state index in [1.54, 1.807) is 7.05 Å². The van der Waals surface area contributed by atoms with Gasteiger partial charge in [0.1, 0.15) is 0 Å². The largest absolute Gasteiger partial charge is 0.357 e. The van der Waals surface area contributed by atoms with Crippen LogP contribution in [0.15, 0.2) is 53.5 Å². The molecule has 33 heavy (non-hydrogen) atoms. The van der Waals surface area contributed by atoms with Crippen molar-refractivity contribution in [2.75, 3.05) is 26.7 Å². The fourth-order valence-corrected chi connectivity index (χ4v) is 3.79. The SMILES string of the molecule is CCNC(=NCc1ccccc1CN1CCCC1=O)NCCc1cccc(C(=O)NC)c1.I. The van der Waals surface area contributed by atoms with E-state index in [-0.39, 0.29) is 35.8 Å². The van der Waals surface area contributed by atoms with Crippen molar-refractivity contribution in [1.82, 2.24) is 20.9 Å². The minimum atomic E-state index is -0.0796. The molecule has 2 amide bonds. The molecular weight excluding hydrogens is 529 g/mol. The zero-order chi connectivity index (χ0) is 22.8. The van der Waals surface area contributed by atoms with Gasteiger partial charge in [0.15, 0.2) is 5.96 Å². The summed E-state index contributed by atoms with van der Waals surface area (Å²) in [5.74, 6) is 0.907. The van der Waals surface area contributed by atoms with Gasteiger partial charge in [-0.15, -0.1) is 24.0 Å². The topological polar surface area (TPSA) is 85.8 Å². The number of halogens is 1. The average Bonchev–Trinajstić information content (AvgIpc) is 3.22. The van der Waals surface area contributed by atoms with Gasteiger partial charge < -0.3 is 20.9 Å².